The predicted molar refractivity (Wildman–Crippen MR) is 116 cm³/mol. The first-order chi connectivity index (χ1) is 15.9. The molecule has 2 atom stereocenters. The van der Waals surface area contributed by atoms with E-state index in [1.807, 2.05) is 12.1 Å². The van der Waals surface area contributed by atoms with Gasteiger partial charge in [-0.3, -0.25) is 14.6 Å². The van der Waals surface area contributed by atoms with Crippen LogP contribution in [0.2, 0.25) is 0 Å². The molecule has 33 heavy (non-hydrogen) atoms. The molecule has 176 valence electrons. The number of ether oxygens (including phenoxy) is 2. The Bertz CT molecular complexity index is 985. The lowest BCUT2D eigenvalue weighted by Crippen LogP contribution is -2.45. The maximum Gasteiger partial charge on any atom is 0.387 e. The molecule has 2 heterocycles. The highest BCUT2D eigenvalue weighted by Gasteiger charge is 2.39. The van der Waals surface area contributed by atoms with Gasteiger partial charge in [0.05, 0.1) is 18.8 Å². The Hall–Kier alpha value is -3.23. The van der Waals surface area contributed by atoms with Gasteiger partial charge in [0.25, 0.3) is 0 Å². The fraction of sp³-hybridized carbons (Fsp3) is 0.458. The summed E-state index contributed by atoms with van der Waals surface area (Å²) in [7, 11) is 0. The summed E-state index contributed by atoms with van der Waals surface area (Å²) < 4.78 is 36.0. The van der Waals surface area contributed by atoms with Gasteiger partial charge >= 0.3 is 6.61 Å². The first-order valence-corrected chi connectivity index (χ1v) is 11.1. The standard InChI is InChI=1S/C24H27F2N3O4/c1-15(30)29-13-18(10-20(29)23(31)28-12-19-4-2-3-9-27-19)17-7-8-21(33-24(25)26)22(11-17)32-14-16-5-6-16/h2-4,7-9,11,16,18,20,24H,5-6,10,12-14H2,1H3,(H,28,31). The van der Waals surface area contributed by atoms with Crippen LogP contribution >= 0.6 is 0 Å². The molecule has 0 radical (unpaired) electrons. The Labute approximate surface area is 191 Å². The molecule has 1 aliphatic carbocycles. The van der Waals surface area contributed by atoms with Crippen LogP contribution in [0.4, 0.5) is 8.78 Å². The van der Waals surface area contributed by atoms with Crippen molar-refractivity contribution in [2.75, 3.05) is 13.2 Å². The highest BCUT2D eigenvalue weighted by Crippen LogP contribution is 2.38. The molecule has 0 bridgehead atoms. The van der Waals surface area contributed by atoms with Crippen molar-refractivity contribution in [3.05, 3.63) is 53.9 Å². The summed E-state index contributed by atoms with van der Waals surface area (Å²) in [6.07, 6.45) is 4.20. The Morgan fingerprint density at radius 3 is 2.70 bits per heavy atom. The maximum absolute atomic E-state index is 12.9. The number of nitrogens with one attached hydrogen (secondary N) is 1. The number of halogens is 2. The van der Waals surface area contributed by atoms with Crippen LogP contribution in [-0.2, 0) is 16.1 Å². The van der Waals surface area contributed by atoms with E-state index in [9.17, 15) is 18.4 Å². The monoisotopic (exact) mass is 459 g/mol. The van der Waals surface area contributed by atoms with E-state index >= 15 is 0 Å². The fourth-order valence-corrected chi connectivity index (χ4v) is 4.05. The number of carbonyl (C=O) groups is 2. The minimum absolute atomic E-state index is 0.0134. The number of amides is 2. The summed E-state index contributed by atoms with van der Waals surface area (Å²) in [6, 6.07) is 9.68. The van der Waals surface area contributed by atoms with E-state index in [2.05, 4.69) is 15.0 Å². The van der Waals surface area contributed by atoms with E-state index in [1.165, 1.54) is 13.0 Å². The van der Waals surface area contributed by atoms with Crippen LogP contribution in [0.5, 0.6) is 11.5 Å². The maximum atomic E-state index is 12.9. The van der Waals surface area contributed by atoms with Crippen molar-refractivity contribution in [2.24, 2.45) is 5.92 Å². The predicted octanol–water partition coefficient (Wildman–Crippen LogP) is 3.49. The van der Waals surface area contributed by atoms with Gasteiger partial charge in [0.2, 0.25) is 11.8 Å². The fourth-order valence-electron chi connectivity index (χ4n) is 4.05. The number of carbonyl (C=O) groups excluding carboxylic acids is 2. The van der Waals surface area contributed by atoms with Crippen LogP contribution in [0.25, 0.3) is 0 Å². The summed E-state index contributed by atoms with van der Waals surface area (Å²) in [6.45, 7) is -0.442. The Balaban J connectivity index is 1.47. The Morgan fingerprint density at radius 1 is 1.21 bits per heavy atom. The molecule has 0 spiro atoms. The van der Waals surface area contributed by atoms with Gasteiger partial charge in [-0.15, -0.1) is 0 Å². The molecule has 2 aliphatic rings. The van der Waals surface area contributed by atoms with E-state index in [0.29, 0.717) is 25.5 Å². The van der Waals surface area contributed by atoms with E-state index in [-0.39, 0.29) is 35.8 Å². The first-order valence-electron chi connectivity index (χ1n) is 11.1. The Morgan fingerprint density at radius 2 is 2.03 bits per heavy atom. The van der Waals surface area contributed by atoms with Gasteiger partial charge < -0.3 is 19.7 Å². The molecule has 4 rings (SSSR count). The summed E-state index contributed by atoms with van der Waals surface area (Å²) in [5, 5.41) is 2.86. The Kier molecular flexibility index (Phi) is 7.05. The molecular weight excluding hydrogens is 432 g/mol. The molecule has 2 amide bonds. The SMILES string of the molecule is CC(=O)N1CC(c2ccc(OC(F)F)c(OCC3CC3)c2)CC1C(=O)NCc1ccccn1. The lowest BCUT2D eigenvalue weighted by molar-refractivity contribution is -0.136. The highest BCUT2D eigenvalue weighted by atomic mass is 19.3. The van der Waals surface area contributed by atoms with Crippen molar-refractivity contribution in [2.45, 2.75) is 51.3 Å². The van der Waals surface area contributed by atoms with Gasteiger partial charge in [0.15, 0.2) is 11.5 Å². The average Bonchev–Trinajstić information content (AvgIpc) is 3.52. The zero-order valence-electron chi connectivity index (χ0n) is 18.4. The topological polar surface area (TPSA) is 80.8 Å². The van der Waals surface area contributed by atoms with Crippen LogP contribution in [0.3, 0.4) is 0 Å². The second-order valence-corrected chi connectivity index (χ2v) is 8.50. The van der Waals surface area contributed by atoms with Crippen molar-refractivity contribution in [3.63, 3.8) is 0 Å². The summed E-state index contributed by atoms with van der Waals surface area (Å²) in [5.74, 6) is 0.112. The molecule has 2 fully saturated rings. The van der Waals surface area contributed by atoms with Gasteiger partial charge in [0.1, 0.15) is 6.04 Å². The summed E-state index contributed by atoms with van der Waals surface area (Å²) in [5.41, 5.74) is 1.54. The van der Waals surface area contributed by atoms with Crippen LogP contribution in [0.15, 0.2) is 42.6 Å². The second-order valence-electron chi connectivity index (χ2n) is 8.50. The third kappa shape index (κ3) is 5.97. The number of benzene rings is 1. The quantitative estimate of drug-likeness (QED) is 0.621. The summed E-state index contributed by atoms with van der Waals surface area (Å²) >= 11 is 0. The van der Waals surface area contributed by atoms with Gasteiger partial charge in [-0.25, -0.2) is 0 Å². The number of pyridine rings is 1. The number of hydrogen-bond donors (Lipinski definition) is 1. The first kappa shape index (κ1) is 22.9. The van der Waals surface area contributed by atoms with Crippen molar-refractivity contribution >= 4 is 11.8 Å². The van der Waals surface area contributed by atoms with Gasteiger partial charge in [-0.1, -0.05) is 12.1 Å². The molecular formula is C24H27F2N3O4. The van der Waals surface area contributed by atoms with Crippen molar-refractivity contribution in [3.8, 4) is 11.5 Å². The van der Waals surface area contributed by atoms with Crippen molar-refractivity contribution < 1.29 is 27.8 Å². The smallest absolute Gasteiger partial charge is 0.387 e. The number of alkyl halides is 2. The van der Waals surface area contributed by atoms with E-state index in [1.54, 1.807) is 29.3 Å². The van der Waals surface area contributed by atoms with E-state index in [0.717, 1.165) is 24.1 Å². The van der Waals surface area contributed by atoms with Crippen LogP contribution in [0, 0.1) is 5.92 Å². The molecule has 1 saturated heterocycles. The van der Waals surface area contributed by atoms with Gasteiger partial charge in [-0.05, 0) is 55.0 Å². The molecule has 1 N–H and O–H groups in total. The van der Waals surface area contributed by atoms with Crippen LogP contribution in [-0.4, -0.2) is 47.5 Å². The minimum Gasteiger partial charge on any atom is -0.489 e. The third-order valence-electron chi connectivity index (χ3n) is 6.00. The number of hydrogen-bond acceptors (Lipinski definition) is 5. The van der Waals surface area contributed by atoms with Crippen molar-refractivity contribution in [1.82, 2.24) is 15.2 Å². The zero-order chi connectivity index (χ0) is 23.4. The molecule has 1 aromatic carbocycles. The van der Waals surface area contributed by atoms with Crippen LogP contribution < -0.4 is 14.8 Å². The number of aromatic nitrogens is 1. The molecule has 2 unspecified atom stereocenters. The summed E-state index contributed by atoms with van der Waals surface area (Å²) in [4.78, 5) is 30.9. The van der Waals surface area contributed by atoms with E-state index in [4.69, 9.17) is 4.74 Å². The molecule has 2 aromatic rings. The van der Waals surface area contributed by atoms with Gasteiger partial charge in [0, 0.05) is 25.6 Å². The largest absolute Gasteiger partial charge is 0.489 e. The van der Waals surface area contributed by atoms with E-state index < -0.39 is 12.7 Å². The van der Waals surface area contributed by atoms with Crippen LogP contribution in [0.1, 0.15) is 43.4 Å². The van der Waals surface area contributed by atoms with Crippen molar-refractivity contribution in [1.29, 1.82) is 0 Å². The molecule has 1 aliphatic heterocycles. The molecule has 9 heteroatoms. The lowest BCUT2D eigenvalue weighted by atomic mass is 9.95. The highest BCUT2D eigenvalue weighted by molar-refractivity contribution is 5.87. The zero-order valence-corrected chi connectivity index (χ0v) is 18.4. The number of rotatable bonds is 9. The molecule has 1 saturated carbocycles. The molecule has 1 aromatic heterocycles. The third-order valence-corrected chi connectivity index (χ3v) is 6.00. The lowest BCUT2D eigenvalue weighted by Gasteiger charge is -2.22. The number of likely N-dealkylation sites (tertiary alicyclic amines) is 1. The number of nitrogens with zero attached hydrogens (tertiary/aromatic N) is 2. The average molecular weight is 459 g/mol. The second kappa shape index (κ2) is 10.1. The normalized spacial score (nSPS) is 20.1. The minimum atomic E-state index is -2.95. The molecule has 7 nitrogen and oxygen atoms in total. The van der Waals surface area contributed by atoms with Gasteiger partial charge in [-0.2, -0.15) is 8.78 Å².